The SMILES string of the molecule is COc1ccc(S(=O)(=O)NCCCOCC(F)(F)F)cc1Cl. The van der Waals surface area contributed by atoms with E-state index in [1.165, 1.54) is 25.3 Å². The maximum Gasteiger partial charge on any atom is 0.411 e. The Bertz CT molecular complexity index is 593. The third-order valence-corrected chi connectivity index (χ3v) is 4.21. The van der Waals surface area contributed by atoms with Gasteiger partial charge in [-0.3, -0.25) is 0 Å². The number of sulfonamides is 1. The van der Waals surface area contributed by atoms with Crippen molar-refractivity contribution in [3.8, 4) is 5.75 Å². The second kappa shape index (κ2) is 8.00. The van der Waals surface area contributed by atoms with E-state index in [0.717, 1.165) is 0 Å². The van der Waals surface area contributed by atoms with Crippen LogP contribution in [0.2, 0.25) is 5.02 Å². The van der Waals surface area contributed by atoms with Crippen LogP contribution in [0.25, 0.3) is 0 Å². The molecule has 0 radical (unpaired) electrons. The van der Waals surface area contributed by atoms with Crippen molar-refractivity contribution >= 4 is 21.6 Å². The minimum Gasteiger partial charge on any atom is -0.495 e. The molecule has 126 valence electrons. The van der Waals surface area contributed by atoms with Gasteiger partial charge in [0.2, 0.25) is 10.0 Å². The van der Waals surface area contributed by atoms with E-state index < -0.39 is 22.8 Å². The van der Waals surface area contributed by atoms with Gasteiger partial charge in [-0.05, 0) is 24.6 Å². The van der Waals surface area contributed by atoms with E-state index in [0.29, 0.717) is 5.75 Å². The van der Waals surface area contributed by atoms with E-state index >= 15 is 0 Å². The number of ether oxygens (including phenoxy) is 2. The van der Waals surface area contributed by atoms with Crippen molar-refractivity contribution in [1.29, 1.82) is 0 Å². The summed E-state index contributed by atoms with van der Waals surface area (Å²) in [4.78, 5) is -0.0606. The van der Waals surface area contributed by atoms with Crippen LogP contribution in [-0.2, 0) is 14.8 Å². The number of halogens is 4. The Morgan fingerprint density at radius 3 is 2.55 bits per heavy atom. The number of alkyl halides is 3. The Hall–Kier alpha value is -1.03. The molecule has 1 aromatic carbocycles. The van der Waals surface area contributed by atoms with Crippen LogP contribution in [-0.4, -0.2) is 41.5 Å². The summed E-state index contributed by atoms with van der Waals surface area (Å²) >= 11 is 5.84. The van der Waals surface area contributed by atoms with Gasteiger partial charge < -0.3 is 9.47 Å². The molecule has 0 saturated heterocycles. The van der Waals surface area contributed by atoms with Crippen molar-refractivity contribution < 1.29 is 31.1 Å². The molecule has 0 heterocycles. The van der Waals surface area contributed by atoms with E-state index in [1.807, 2.05) is 0 Å². The van der Waals surface area contributed by atoms with Gasteiger partial charge in [-0.1, -0.05) is 11.6 Å². The van der Waals surface area contributed by atoms with Gasteiger partial charge in [-0.2, -0.15) is 13.2 Å². The molecule has 0 aliphatic heterocycles. The summed E-state index contributed by atoms with van der Waals surface area (Å²) in [5.41, 5.74) is 0. The van der Waals surface area contributed by atoms with Crippen molar-refractivity contribution in [2.24, 2.45) is 0 Å². The molecule has 0 saturated carbocycles. The standard InChI is InChI=1S/C12H15ClF3NO4S/c1-20-11-4-3-9(7-10(11)13)22(18,19)17-5-2-6-21-8-12(14,15)16/h3-4,7,17H,2,5-6,8H2,1H3. The van der Waals surface area contributed by atoms with Crippen LogP contribution in [0.4, 0.5) is 13.2 Å². The zero-order valence-corrected chi connectivity index (χ0v) is 13.2. The van der Waals surface area contributed by atoms with Crippen molar-refractivity contribution in [2.45, 2.75) is 17.5 Å². The van der Waals surface area contributed by atoms with E-state index in [2.05, 4.69) is 9.46 Å². The lowest BCUT2D eigenvalue weighted by Crippen LogP contribution is -2.26. The summed E-state index contributed by atoms with van der Waals surface area (Å²) in [6.07, 6.45) is -4.28. The molecule has 0 aliphatic rings. The summed E-state index contributed by atoms with van der Waals surface area (Å²) < 4.78 is 70.9. The van der Waals surface area contributed by atoms with Crippen molar-refractivity contribution in [1.82, 2.24) is 4.72 Å². The Labute approximate surface area is 131 Å². The van der Waals surface area contributed by atoms with E-state index in [4.69, 9.17) is 16.3 Å². The highest BCUT2D eigenvalue weighted by Gasteiger charge is 2.27. The monoisotopic (exact) mass is 361 g/mol. The first-order valence-corrected chi connectivity index (χ1v) is 7.99. The molecule has 0 spiro atoms. The van der Waals surface area contributed by atoms with Gasteiger partial charge in [0.05, 0.1) is 17.0 Å². The third-order valence-electron chi connectivity index (χ3n) is 2.46. The molecule has 1 N–H and O–H groups in total. The van der Waals surface area contributed by atoms with Crippen LogP contribution >= 0.6 is 11.6 Å². The highest BCUT2D eigenvalue weighted by atomic mass is 35.5. The minimum atomic E-state index is -4.39. The molecule has 0 bridgehead atoms. The Kier molecular flexibility index (Phi) is 6.92. The predicted molar refractivity (Wildman–Crippen MR) is 74.7 cm³/mol. The van der Waals surface area contributed by atoms with Gasteiger partial charge in [0, 0.05) is 13.2 Å². The molecule has 10 heteroatoms. The molecule has 0 aliphatic carbocycles. The van der Waals surface area contributed by atoms with Crippen LogP contribution in [0.5, 0.6) is 5.75 Å². The maximum absolute atomic E-state index is 11.9. The number of nitrogens with one attached hydrogen (secondary N) is 1. The number of hydrogen-bond acceptors (Lipinski definition) is 4. The fraction of sp³-hybridized carbons (Fsp3) is 0.500. The second-order valence-electron chi connectivity index (χ2n) is 4.22. The highest BCUT2D eigenvalue weighted by molar-refractivity contribution is 7.89. The molecule has 5 nitrogen and oxygen atoms in total. The average Bonchev–Trinajstić information content (AvgIpc) is 2.41. The van der Waals surface area contributed by atoms with Gasteiger partial charge in [-0.25, -0.2) is 13.1 Å². The number of methoxy groups -OCH3 is 1. The molecule has 0 aromatic heterocycles. The second-order valence-corrected chi connectivity index (χ2v) is 6.39. The zero-order valence-electron chi connectivity index (χ0n) is 11.6. The molecule has 0 atom stereocenters. The molecule has 0 unspecified atom stereocenters. The van der Waals surface area contributed by atoms with Gasteiger partial charge in [0.15, 0.2) is 0 Å². The fourth-order valence-electron chi connectivity index (χ4n) is 1.47. The van der Waals surface area contributed by atoms with Crippen LogP contribution in [0, 0.1) is 0 Å². The first-order chi connectivity index (χ1) is 10.2. The van der Waals surface area contributed by atoms with E-state index in [1.54, 1.807) is 0 Å². The average molecular weight is 362 g/mol. The van der Waals surface area contributed by atoms with Gasteiger partial charge in [-0.15, -0.1) is 0 Å². The van der Waals surface area contributed by atoms with Gasteiger partial charge in [0.25, 0.3) is 0 Å². The maximum atomic E-state index is 11.9. The number of benzene rings is 1. The molecule has 22 heavy (non-hydrogen) atoms. The molecule has 1 rings (SSSR count). The van der Waals surface area contributed by atoms with E-state index in [9.17, 15) is 21.6 Å². The normalized spacial score (nSPS) is 12.4. The molecule has 0 amide bonds. The smallest absolute Gasteiger partial charge is 0.411 e. The van der Waals surface area contributed by atoms with Crippen molar-refractivity contribution in [2.75, 3.05) is 26.9 Å². The Morgan fingerprint density at radius 2 is 2.00 bits per heavy atom. The molecule has 1 aromatic rings. The first-order valence-electron chi connectivity index (χ1n) is 6.13. The summed E-state index contributed by atoms with van der Waals surface area (Å²) in [6, 6.07) is 3.94. The highest BCUT2D eigenvalue weighted by Crippen LogP contribution is 2.26. The lowest BCUT2D eigenvalue weighted by molar-refractivity contribution is -0.173. The first kappa shape index (κ1) is 19.0. The van der Waals surface area contributed by atoms with Crippen LogP contribution in [0.3, 0.4) is 0 Å². The van der Waals surface area contributed by atoms with E-state index in [-0.39, 0.29) is 29.5 Å². The number of rotatable bonds is 8. The quantitative estimate of drug-likeness (QED) is 0.723. The molecular formula is C12H15ClF3NO4S. The Balaban J connectivity index is 2.46. The van der Waals surface area contributed by atoms with Crippen molar-refractivity contribution in [3.63, 3.8) is 0 Å². The minimum absolute atomic E-state index is 0.0517. The fourth-order valence-corrected chi connectivity index (χ4v) is 2.89. The van der Waals surface area contributed by atoms with Crippen LogP contribution < -0.4 is 9.46 Å². The van der Waals surface area contributed by atoms with Gasteiger partial charge in [0.1, 0.15) is 12.4 Å². The lowest BCUT2D eigenvalue weighted by atomic mass is 10.3. The predicted octanol–water partition coefficient (Wildman–Crippen LogP) is 2.60. The largest absolute Gasteiger partial charge is 0.495 e. The summed E-state index contributed by atoms with van der Waals surface area (Å²) in [5.74, 6) is 0.334. The summed E-state index contributed by atoms with van der Waals surface area (Å²) in [6.45, 7) is -1.61. The van der Waals surface area contributed by atoms with Gasteiger partial charge >= 0.3 is 6.18 Å². The van der Waals surface area contributed by atoms with Crippen LogP contribution in [0.1, 0.15) is 6.42 Å². The van der Waals surface area contributed by atoms with Crippen LogP contribution in [0.15, 0.2) is 23.1 Å². The lowest BCUT2D eigenvalue weighted by Gasteiger charge is -2.10. The summed E-state index contributed by atoms with van der Waals surface area (Å²) in [5, 5.41) is 0.138. The topological polar surface area (TPSA) is 64.6 Å². The molecule has 0 fully saturated rings. The summed E-state index contributed by atoms with van der Waals surface area (Å²) in [7, 11) is -2.39. The molecular weight excluding hydrogens is 347 g/mol. The van der Waals surface area contributed by atoms with Crippen molar-refractivity contribution in [3.05, 3.63) is 23.2 Å². The third kappa shape index (κ3) is 6.39. The number of hydrogen-bond donors (Lipinski definition) is 1. The zero-order chi connectivity index (χ0) is 16.8. The Morgan fingerprint density at radius 1 is 1.32 bits per heavy atom.